The monoisotopic (exact) mass is 460 g/mol. The van der Waals surface area contributed by atoms with Gasteiger partial charge >= 0.3 is 0 Å². The zero-order valence-corrected chi connectivity index (χ0v) is 23.0. The third-order valence-electron chi connectivity index (χ3n) is 6.73. The zero-order chi connectivity index (χ0) is 25.7. The minimum atomic E-state index is 1.33. The lowest BCUT2D eigenvalue weighted by Gasteiger charge is -2.04. The fraction of sp³-hybridized carbons (Fsp3) is 0.257. The Morgan fingerprint density at radius 2 is 0.743 bits per heavy atom. The van der Waals surface area contributed by atoms with Crippen molar-refractivity contribution in [2.24, 2.45) is 0 Å². The van der Waals surface area contributed by atoms with Crippen molar-refractivity contribution in [2.45, 2.75) is 62.3 Å². The molecule has 0 aliphatic heterocycles. The van der Waals surface area contributed by atoms with Gasteiger partial charge in [0.25, 0.3) is 0 Å². The second-order valence-corrected chi connectivity index (χ2v) is 10.2. The molecular weight excluding hydrogens is 420 g/mol. The van der Waals surface area contributed by atoms with Gasteiger partial charge in [-0.3, -0.25) is 0 Å². The molecule has 0 aromatic heterocycles. The third kappa shape index (κ3) is 7.06. The molecule has 0 aliphatic carbocycles. The summed E-state index contributed by atoms with van der Waals surface area (Å²) in [6.45, 7) is 19.3. The zero-order valence-electron chi connectivity index (χ0n) is 23.0. The van der Waals surface area contributed by atoms with E-state index < -0.39 is 0 Å². The van der Waals surface area contributed by atoms with Crippen molar-refractivity contribution in [1.82, 2.24) is 0 Å². The van der Waals surface area contributed by atoms with Gasteiger partial charge in [0, 0.05) is 0 Å². The van der Waals surface area contributed by atoms with Crippen molar-refractivity contribution in [1.29, 1.82) is 0 Å². The molecule has 35 heavy (non-hydrogen) atoms. The highest BCUT2D eigenvalue weighted by atomic mass is 14.0. The summed E-state index contributed by atoms with van der Waals surface area (Å²) < 4.78 is 0. The Balaban J connectivity index is 0.000000150. The summed E-state index contributed by atoms with van der Waals surface area (Å²) in [6.07, 6.45) is 0. The number of hydrogen-bond acceptors (Lipinski definition) is 0. The predicted octanol–water partition coefficient (Wildman–Crippen LogP) is 10.1. The number of aryl methyl sites for hydroxylation is 9. The lowest BCUT2D eigenvalue weighted by Crippen LogP contribution is -1.82. The van der Waals surface area contributed by atoms with Gasteiger partial charge in [0.05, 0.1) is 0 Å². The number of benzene rings is 5. The molecule has 0 unspecified atom stereocenters. The fourth-order valence-corrected chi connectivity index (χ4v) is 4.38. The minimum Gasteiger partial charge on any atom is -0.0590 e. The van der Waals surface area contributed by atoms with Gasteiger partial charge in [-0.15, -0.1) is 0 Å². The molecule has 5 rings (SSSR count). The van der Waals surface area contributed by atoms with Gasteiger partial charge in [-0.05, 0) is 112 Å². The molecule has 0 fully saturated rings. The molecule has 0 nitrogen and oxygen atoms in total. The molecule has 5 aromatic rings. The smallest absolute Gasteiger partial charge is 0.0152 e. The van der Waals surface area contributed by atoms with Crippen LogP contribution in [0.25, 0.3) is 21.5 Å². The SMILES string of the molecule is Cc1cc(C)c2cc(C)ccc2c1.Cc1ccc(C)c(C)c1.Cc1ccc2cc(C)c(C)cc2c1. The van der Waals surface area contributed by atoms with E-state index in [-0.39, 0.29) is 0 Å². The van der Waals surface area contributed by atoms with E-state index in [4.69, 9.17) is 0 Å². The second kappa shape index (κ2) is 11.4. The first-order valence-electron chi connectivity index (χ1n) is 12.5. The predicted molar refractivity (Wildman–Crippen MR) is 157 cm³/mol. The van der Waals surface area contributed by atoms with Crippen LogP contribution in [0.3, 0.4) is 0 Å². The summed E-state index contributed by atoms with van der Waals surface area (Å²) in [5.74, 6) is 0. The Hall–Kier alpha value is -3.38. The van der Waals surface area contributed by atoms with Crippen molar-refractivity contribution in [3.63, 3.8) is 0 Å². The van der Waals surface area contributed by atoms with Crippen LogP contribution in [0.4, 0.5) is 0 Å². The average molecular weight is 461 g/mol. The van der Waals surface area contributed by atoms with Gasteiger partial charge < -0.3 is 0 Å². The van der Waals surface area contributed by atoms with Crippen LogP contribution < -0.4 is 0 Å². The molecule has 0 bridgehead atoms. The first kappa shape index (κ1) is 26.2. The van der Waals surface area contributed by atoms with Crippen LogP contribution in [0.2, 0.25) is 0 Å². The molecule has 0 saturated heterocycles. The summed E-state index contributed by atoms with van der Waals surface area (Å²) in [5, 5.41) is 5.42. The maximum Gasteiger partial charge on any atom is -0.0152 e. The van der Waals surface area contributed by atoms with Gasteiger partial charge in [0.15, 0.2) is 0 Å². The quantitative estimate of drug-likeness (QED) is 0.216. The molecule has 5 aromatic carbocycles. The van der Waals surface area contributed by atoms with Crippen LogP contribution >= 0.6 is 0 Å². The summed E-state index contributed by atoms with van der Waals surface area (Å²) >= 11 is 0. The van der Waals surface area contributed by atoms with Gasteiger partial charge in [-0.2, -0.15) is 0 Å². The molecular formula is C35H40. The van der Waals surface area contributed by atoms with Gasteiger partial charge in [0.2, 0.25) is 0 Å². The highest BCUT2D eigenvalue weighted by molar-refractivity contribution is 5.87. The number of rotatable bonds is 0. The summed E-state index contributed by atoms with van der Waals surface area (Å²) in [6, 6.07) is 28.7. The maximum absolute atomic E-state index is 2.26. The summed E-state index contributed by atoms with van der Waals surface area (Å²) in [7, 11) is 0. The average Bonchev–Trinajstić information content (AvgIpc) is 2.79. The van der Waals surface area contributed by atoms with E-state index in [0.717, 1.165) is 0 Å². The lowest BCUT2D eigenvalue weighted by molar-refractivity contribution is 1.30. The van der Waals surface area contributed by atoms with Gasteiger partial charge in [-0.25, -0.2) is 0 Å². The van der Waals surface area contributed by atoms with Crippen LogP contribution in [0.15, 0.2) is 78.9 Å². The van der Waals surface area contributed by atoms with Gasteiger partial charge in [-0.1, -0.05) is 101 Å². The Morgan fingerprint density at radius 3 is 1.37 bits per heavy atom. The summed E-state index contributed by atoms with van der Waals surface area (Å²) in [4.78, 5) is 0. The highest BCUT2D eigenvalue weighted by Crippen LogP contribution is 2.22. The molecule has 0 radical (unpaired) electrons. The molecule has 0 N–H and O–H groups in total. The second-order valence-electron chi connectivity index (χ2n) is 10.2. The molecule has 0 saturated carbocycles. The number of hydrogen-bond donors (Lipinski definition) is 0. The third-order valence-corrected chi connectivity index (χ3v) is 6.73. The van der Waals surface area contributed by atoms with Gasteiger partial charge in [0.1, 0.15) is 0 Å². The lowest BCUT2D eigenvalue weighted by atomic mass is 10.0. The molecule has 0 heterocycles. The molecule has 0 spiro atoms. The van der Waals surface area contributed by atoms with Crippen molar-refractivity contribution >= 4 is 21.5 Å². The Labute approximate surface area is 212 Å². The van der Waals surface area contributed by atoms with Crippen LogP contribution in [0, 0.1) is 62.3 Å². The van der Waals surface area contributed by atoms with E-state index in [2.05, 4.69) is 141 Å². The minimum absolute atomic E-state index is 1.33. The van der Waals surface area contributed by atoms with Crippen molar-refractivity contribution in [3.05, 3.63) is 129 Å². The van der Waals surface area contributed by atoms with E-state index >= 15 is 0 Å². The maximum atomic E-state index is 2.26. The normalized spacial score (nSPS) is 10.4. The fourth-order valence-electron chi connectivity index (χ4n) is 4.38. The molecule has 0 amide bonds. The molecule has 0 aliphatic rings. The highest BCUT2D eigenvalue weighted by Gasteiger charge is 1.99. The van der Waals surface area contributed by atoms with E-state index in [9.17, 15) is 0 Å². The van der Waals surface area contributed by atoms with E-state index in [1.807, 2.05) is 0 Å². The van der Waals surface area contributed by atoms with Crippen LogP contribution in [0.1, 0.15) is 50.1 Å². The largest absolute Gasteiger partial charge is 0.0590 e. The molecule has 0 heteroatoms. The standard InChI is InChI=1S/2C13H14.C9H12/c1-9-4-5-12-7-10(2)6-11(3)13(12)8-9;1-9-4-5-12-7-10(2)11(3)8-13(12)6-9;1-7-4-5-8(2)9(3)6-7/h2*4-8H,1-3H3;4-6H,1-3H3. The van der Waals surface area contributed by atoms with E-state index in [1.54, 1.807) is 0 Å². The molecule has 0 atom stereocenters. The topological polar surface area (TPSA) is 0 Å². The number of fused-ring (bicyclic) bond motifs is 2. The van der Waals surface area contributed by atoms with Crippen molar-refractivity contribution in [3.8, 4) is 0 Å². The Bertz CT molecular complexity index is 1470. The van der Waals surface area contributed by atoms with Crippen molar-refractivity contribution < 1.29 is 0 Å². The molecule has 180 valence electrons. The van der Waals surface area contributed by atoms with E-state index in [0.29, 0.717) is 0 Å². The first-order chi connectivity index (χ1) is 16.5. The Morgan fingerprint density at radius 1 is 0.286 bits per heavy atom. The Kier molecular flexibility index (Phi) is 8.52. The van der Waals surface area contributed by atoms with Crippen LogP contribution in [-0.4, -0.2) is 0 Å². The summed E-state index contributed by atoms with van der Waals surface area (Å²) in [5.41, 5.74) is 12.2. The van der Waals surface area contributed by atoms with Crippen LogP contribution in [0.5, 0.6) is 0 Å². The first-order valence-corrected chi connectivity index (χ1v) is 12.5. The van der Waals surface area contributed by atoms with Crippen molar-refractivity contribution in [2.75, 3.05) is 0 Å². The van der Waals surface area contributed by atoms with Crippen LogP contribution in [-0.2, 0) is 0 Å². The van der Waals surface area contributed by atoms with E-state index in [1.165, 1.54) is 71.6 Å².